The molecule has 0 bridgehead atoms. The molecule has 0 unspecified atom stereocenters. The summed E-state index contributed by atoms with van der Waals surface area (Å²) in [4.78, 5) is 11.0. The zero-order valence-electron chi connectivity index (χ0n) is 7.21. The molecule has 0 fully saturated rings. The van der Waals surface area contributed by atoms with Crippen LogP contribution in [-0.2, 0) is 4.79 Å². The van der Waals surface area contributed by atoms with Crippen LogP contribution in [0.2, 0.25) is 0 Å². The number of alkyl halides is 2. The number of hydrogen-bond acceptors (Lipinski definition) is 1. The molecule has 1 nitrogen and oxygen atoms in total. The Bertz CT molecular complexity index is 284. The molecule has 13 heavy (non-hydrogen) atoms. The summed E-state index contributed by atoms with van der Waals surface area (Å²) in [5.74, 6) is 0.130. The number of ketones is 1. The summed E-state index contributed by atoms with van der Waals surface area (Å²) < 4.78 is 0. The maximum absolute atomic E-state index is 11.1. The van der Waals surface area contributed by atoms with Gasteiger partial charge in [-0.2, -0.15) is 0 Å². The molecule has 0 N–H and O–H groups in total. The monoisotopic (exact) mass is 304 g/mol. The third-order valence-corrected chi connectivity index (χ3v) is 4.70. The third kappa shape index (κ3) is 2.92. The van der Waals surface area contributed by atoms with Crippen LogP contribution in [0.3, 0.4) is 0 Å². The predicted molar refractivity (Wildman–Crippen MR) is 61.5 cm³/mol. The molecule has 0 aliphatic rings. The lowest BCUT2D eigenvalue weighted by Crippen LogP contribution is -2.15. The normalized spacial score (nSPS) is 15.0. The first-order valence-corrected chi connectivity index (χ1v) is 5.79. The summed E-state index contributed by atoms with van der Waals surface area (Å²) in [5.41, 5.74) is 1.11. The highest BCUT2D eigenvalue weighted by molar-refractivity contribution is 9.12. The first kappa shape index (κ1) is 10.9. The molecule has 1 aromatic carbocycles. The van der Waals surface area contributed by atoms with E-state index in [0.717, 1.165) is 5.56 Å². The van der Waals surface area contributed by atoms with Crippen LogP contribution in [0.25, 0.3) is 0 Å². The zero-order valence-corrected chi connectivity index (χ0v) is 10.4. The van der Waals surface area contributed by atoms with Gasteiger partial charge in [0.15, 0.2) is 0 Å². The first-order valence-electron chi connectivity index (χ1n) is 3.96. The second-order valence-electron chi connectivity index (χ2n) is 2.82. The van der Waals surface area contributed by atoms with Crippen molar-refractivity contribution in [2.24, 2.45) is 0 Å². The molecule has 0 spiro atoms. The SMILES string of the molecule is CC(=O)[C@H](Br)[C@H](Br)c1ccccc1. The molecule has 0 radical (unpaired) electrons. The lowest BCUT2D eigenvalue weighted by Gasteiger charge is -2.13. The summed E-state index contributed by atoms with van der Waals surface area (Å²) in [6.45, 7) is 1.58. The molecular weight excluding hydrogens is 296 g/mol. The summed E-state index contributed by atoms with van der Waals surface area (Å²) in [6.07, 6.45) is 0. The van der Waals surface area contributed by atoms with E-state index in [9.17, 15) is 4.79 Å². The van der Waals surface area contributed by atoms with E-state index in [1.165, 1.54) is 0 Å². The minimum atomic E-state index is -0.158. The van der Waals surface area contributed by atoms with E-state index in [0.29, 0.717) is 0 Å². The van der Waals surface area contributed by atoms with Gasteiger partial charge in [-0.15, -0.1) is 0 Å². The van der Waals surface area contributed by atoms with Gasteiger partial charge in [0.25, 0.3) is 0 Å². The second-order valence-corrected chi connectivity index (χ2v) is 4.80. The molecule has 0 saturated heterocycles. The molecule has 2 atom stereocenters. The molecule has 0 aliphatic heterocycles. The van der Waals surface area contributed by atoms with Crippen LogP contribution in [0.1, 0.15) is 17.3 Å². The van der Waals surface area contributed by atoms with Crippen molar-refractivity contribution in [3.8, 4) is 0 Å². The van der Waals surface area contributed by atoms with Crippen LogP contribution >= 0.6 is 31.9 Å². The van der Waals surface area contributed by atoms with E-state index in [1.807, 2.05) is 30.3 Å². The molecule has 0 aromatic heterocycles. The third-order valence-electron chi connectivity index (χ3n) is 1.76. The number of Topliss-reactive ketones (excluding diaryl/α,β-unsaturated/α-hetero) is 1. The van der Waals surface area contributed by atoms with Gasteiger partial charge in [-0.3, -0.25) is 4.79 Å². The van der Waals surface area contributed by atoms with Crippen molar-refractivity contribution < 1.29 is 4.79 Å². The van der Waals surface area contributed by atoms with E-state index in [2.05, 4.69) is 31.9 Å². The summed E-state index contributed by atoms with van der Waals surface area (Å²) in [6, 6.07) is 9.88. The minimum absolute atomic E-state index is 0.0474. The average molecular weight is 306 g/mol. The van der Waals surface area contributed by atoms with Gasteiger partial charge < -0.3 is 0 Å². The molecule has 0 aliphatic carbocycles. The highest BCUT2D eigenvalue weighted by atomic mass is 79.9. The van der Waals surface area contributed by atoms with Crippen LogP contribution in [0.5, 0.6) is 0 Å². The van der Waals surface area contributed by atoms with Gasteiger partial charge in [0.05, 0.1) is 9.65 Å². The van der Waals surface area contributed by atoms with E-state index in [4.69, 9.17) is 0 Å². The van der Waals surface area contributed by atoms with Crippen LogP contribution in [-0.4, -0.2) is 10.6 Å². The highest BCUT2D eigenvalue weighted by Gasteiger charge is 2.21. The molecule has 0 amide bonds. The average Bonchev–Trinajstić information content (AvgIpc) is 2.17. The van der Waals surface area contributed by atoms with Crippen LogP contribution in [0.4, 0.5) is 0 Å². The number of rotatable bonds is 3. The Morgan fingerprint density at radius 1 is 1.23 bits per heavy atom. The van der Waals surface area contributed by atoms with Gasteiger partial charge in [0.1, 0.15) is 5.78 Å². The molecule has 1 aromatic rings. The number of carbonyl (C=O) groups excluding carboxylic acids is 1. The van der Waals surface area contributed by atoms with Crippen molar-refractivity contribution in [3.05, 3.63) is 35.9 Å². The Hall–Kier alpha value is -0.150. The number of carbonyl (C=O) groups is 1. The van der Waals surface area contributed by atoms with E-state index >= 15 is 0 Å². The molecule has 0 saturated carbocycles. The van der Waals surface area contributed by atoms with Crippen molar-refractivity contribution in [1.29, 1.82) is 0 Å². The van der Waals surface area contributed by atoms with Crippen molar-refractivity contribution in [2.45, 2.75) is 16.6 Å². The molecule has 3 heteroatoms. The lowest BCUT2D eigenvalue weighted by molar-refractivity contribution is -0.116. The molecule has 70 valence electrons. The maximum Gasteiger partial charge on any atom is 0.144 e. The highest BCUT2D eigenvalue weighted by Crippen LogP contribution is 2.31. The Labute approximate surface area is 94.8 Å². The fourth-order valence-corrected chi connectivity index (χ4v) is 1.99. The number of halogens is 2. The van der Waals surface area contributed by atoms with Crippen LogP contribution < -0.4 is 0 Å². The smallest absolute Gasteiger partial charge is 0.144 e. The van der Waals surface area contributed by atoms with Crippen LogP contribution in [0, 0.1) is 0 Å². The first-order chi connectivity index (χ1) is 6.13. The Morgan fingerprint density at radius 3 is 2.23 bits per heavy atom. The van der Waals surface area contributed by atoms with Gasteiger partial charge >= 0.3 is 0 Å². The quantitative estimate of drug-likeness (QED) is 0.782. The molecular formula is C10H10Br2O. The van der Waals surface area contributed by atoms with Gasteiger partial charge in [0, 0.05) is 0 Å². The van der Waals surface area contributed by atoms with Gasteiger partial charge in [0.2, 0.25) is 0 Å². The Morgan fingerprint density at radius 2 is 1.77 bits per heavy atom. The van der Waals surface area contributed by atoms with Crippen LogP contribution in [0.15, 0.2) is 30.3 Å². The maximum atomic E-state index is 11.1. The number of hydrogen-bond donors (Lipinski definition) is 0. The van der Waals surface area contributed by atoms with Gasteiger partial charge in [-0.05, 0) is 12.5 Å². The van der Waals surface area contributed by atoms with Crippen molar-refractivity contribution in [3.63, 3.8) is 0 Å². The fourth-order valence-electron chi connectivity index (χ4n) is 1.01. The second kappa shape index (κ2) is 4.91. The lowest BCUT2D eigenvalue weighted by atomic mass is 10.1. The van der Waals surface area contributed by atoms with Gasteiger partial charge in [-0.25, -0.2) is 0 Å². The van der Waals surface area contributed by atoms with E-state index in [1.54, 1.807) is 6.92 Å². The molecule has 1 rings (SSSR count). The van der Waals surface area contributed by atoms with Crippen molar-refractivity contribution in [2.75, 3.05) is 0 Å². The summed E-state index contributed by atoms with van der Waals surface area (Å²) in [5, 5.41) is 0. The van der Waals surface area contributed by atoms with E-state index in [-0.39, 0.29) is 15.4 Å². The minimum Gasteiger partial charge on any atom is -0.299 e. The molecule has 0 heterocycles. The van der Waals surface area contributed by atoms with Crippen molar-refractivity contribution >= 4 is 37.6 Å². The topological polar surface area (TPSA) is 17.1 Å². The Kier molecular flexibility index (Phi) is 4.13. The summed E-state index contributed by atoms with van der Waals surface area (Å²) in [7, 11) is 0. The predicted octanol–water partition coefficient (Wildman–Crippen LogP) is 3.48. The van der Waals surface area contributed by atoms with E-state index < -0.39 is 0 Å². The fraction of sp³-hybridized carbons (Fsp3) is 0.300. The standard InChI is InChI=1S/C10H10Br2O/c1-7(13)9(11)10(12)8-5-3-2-4-6-8/h2-6,9-10H,1H3/t9-,10+/m0/s1. The largest absolute Gasteiger partial charge is 0.299 e. The van der Waals surface area contributed by atoms with Gasteiger partial charge in [-0.1, -0.05) is 62.2 Å². The van der Waals surface area contributed by atoms with Crippen molar-refractivity contribution in [1.82, 2.24) is 0 Å². The summed E-state index contributed by atoms with van der Waals surface area (Å²) >= 11 is 6.83. The number of benzene rings is 1. The Balaban J connectivity index is 2.79. The zero-order chi connectivity index (χ0) is 9.84.